The summed E-state index contributed by atoms with van der Waals surface area (Å²) in [6.07, 6.45) is 2.51. The molecule has 21 heavy (non-hydrogen) atoms. The summed E-state index contributed by atoms with van der Waals surface area (Å²) in [6, 6.07) is 5.59. The van der Waals surface area contributed by atoms with Crippen molar-refractivity contribution in [1.82, 2.24) is 4.98 Å². The molecule has 0 fully saturated rings. The highest BCUT2D eigenvalue weighted by molar-refractivity contribution is 7.15. The van der Waals surface area contributed by atoms with Gasteiger partial charge in [0.15, 0.2) is 11.2 Å². The second-order valence-electron chi connectivity index (χ2n) is 4.95. The van der Waals surface area contributed by atoms with Crippen LogP contribution in [-0.4, -0.2) is 17.0 Å². The number of thiazole rings is 1. The van der Waals surface area contributed by atoms with Crippen LogP contribution in [0, 0.1) is 5.82 Å². The maximum Gasteiger partial charge on any atom is 0.266 e. The first-order valence-corrected chi connectivity index (χ1v) is 7.65. The van der Waals surface area contributed by atoms with E-state index in [1.165, 1.54) is 40.5 Å². The number of hydrogen-bond donors (Lipinski definition) is 1. The number of carbonyl (C=O) groups excluding carboxylic acids is 1. The number of benzene rings is 1. The fraction of sp³-hybridized carbons (Fsp3) is 0.333. The zero-order valence-corrected chi connectivity index (χ0v) is 12.4. The van der Waals surface area contributed by atoms with Crippen LogP contribution in [0.3, 0.4) is 0 Å². The zero-order chi connectivity index (χ0) is 14.8. The minimum atomic E-state index is -0.672. The van der Waals surface area contributed by atoms with Gasteiger partial charge in [-0.1, -0.05) is 0 Å². The lowest BCUT2D eigenvalue weighted by Gasteiger charge is -2.13. The summed E-state index contributed by atoms with van der Waals surface area (Å²) in [5, 5.41) is 3.40. The molecule has 1 atom stereocenters. The van der Waals surface area contributed by atoms with Crippen LogP contribution in [0.1, 0.15) is 23.9 Å². The minimum absolute atomic E-state index is 0.258. The monoisotopic (exact) mass is 306 g/mol. The van der Waals surface area contributed by atoms with Gasteiger partial charge in [0.1, 0.15) is 11.6 Å². The Balaban J connectivity index is 1.60. The fourth-order valence-corrected chi connectivity index (χ4v) is 3.27. The Hall–Kier alpha value is -1.95. The molecule has 2 aromatic rings. The predicted molar refractivity (Wildman–Crippen MR) is 79.3 cm³/mol. The van der Waals surface area contributed by atoms with E-state index in [2.05, 4.69) is 10.3 Å². The Morgan fingerprint density at radius 2 is 2.14 bits per heavy atom. The average molecular weight is 306 g/mol. The van der Waals surface area contributed by atoms with E-state index in [0.717, 1.165) is 25.0 Å². The van der Waals surface area contributed by atoms with Gasteiger partial charge < -0.3 is 4.74 Å². The molecular formula is C15H15FN2O2S. The normalized spacial score (nSPS) is 14.6. The Morgan fingerprint density at radius 3 is 2.86 bits per heavy atom. The van der Waals surface area contributed by atoms with Gasteiger partial charge in [-0.15, -0.1) is 11.3 Å². The molecule has 4 nitrogen and oxygen atoms in total. The highest BCUT2D eigenvalue weighted by Gasteiger charge is 2.20. The molecule has 1 unspecified atom stereocenters. The maximum atomic E-state index is 12.8. The van der Waals surface area contributed by atoms with Crippen molar-refractivity contribution in [3.63, 3.8) is 0 Å². The summed E-state index contributed by atoms with van der Waals surface area (Å²) in [5.41, 5.74) is 1.10. The Labute approximate surface area is 126 Å². The van der Waals surface area contributed by atoms with E-state index in [1.54, 1.807) is 6.92 Å². The van der Waals surface area contributed by atoms with E-state index in [-0.39, 0.29) is 11.7 Å². The van der Waals surface area contributed by atoms with Crippen LogP contribution in [-0.2, 0) is 17.6 Å². The SMILES string of the molecule is CC(Oc1ccc(F)cc1)C(=O)Nc1nc2c(s1)CCC2. The van der Waals surface area contributed by atoms with E-state index in [4.69, 9.17) is 4.74 Å². The van der Waals surface area contributed by atoms with Gasteiger partial charge in [0.05, 0.1) is 5.69 Å². The lowest BCUT2D eigenvalue weighted by atomic mass is 10.3. The Bertz CT molecular complexity index is 633. The molecule has 0 bridgehead atoms. The number of rotatable bonds is 4. The molecule has 0 aliphatic heterocycles. The Kier molecular flexibility index (Phi) is 3.88. The van der Waals surface area contributed by atoms with Crippen LogP contribution in [0.25, 0.3) is 0 Å². The molecule has 0 radical (unpaired) electrons. The number of ether oxygens (including phenoxy) is 1. The van der Waals surface area contributed by atoms with Crippen molar-refractivity contribution in [3.8, 4) is 5.75 Å². The number of nitrogens with one attached hydrogen (secondary N) is 1. The van der Waals surface area contributed by atoms with Crippen molar-refractivity contribution in [3.05, 3.63) is 40.7 Å². The topological polar surface area (TPSA) is 51.2 Å². The number of halogens is 1. The summed E-state index contributed by atoms with van der Waals surface area (Å²) in [7, 11) is 0. The smallest absolute Gasteiger partial charge is 0.266 e. The van der Waals surface area contributed by atoms with Gasteiger partial charge in [-0.3, -0.25) is 10.1 Å². The van der Waals surface area contributed by atoms with Crippen LogP contribution in [0.5, 0.6) is 5.75 Å². The second kappa shape index (κ2) is 5.81. The molecule has 1 N–H and O–H groups in total. The quantitative estimate of drug-likeness (QED) is 0.944. The number of aryl methyl sites for hydroxylation is 2. The van der Waals surface area contributed by atoms with Gasteiger partial charge in [0.2, 0.25) is 0 Å². The number of nitrogens with zero attached hydrogens (tertiary/aromatic N) is 1. The van der Waals surface area contributed by atoms with Crippen LogP contribution in [0.15, 0.2) is 24.3 Å². The van der Waals surface area contributed by atoms with Crippen molar-refractivity contribution in [2.45, 2.75) is 32.3 Å². The number of fused-ring (bicyclic) bond motifs is 1. The average Bonchev–Trinajstić information content (AvgIpc) is 3.02. The highest BCUT2D eigenvalue weighted by Crippen LogP contribution is 2.30. The minimum Gasteiger partial charge on any atom is -0.481 e. The first-order chi connectivity index (χ1) is 10.1. The van der Waals surface area contributed by atoms with Crippen molar-refractivity contribution in [2.75, 3.05) is 5.32 Å². The van der Waals surface area contributed by atoms with E-state index >= 15 is 0 Å². The predicted octanol–water partition coefficient (Wildman–Crippen LogP) is 3.18. The Morgan fingerprint density at radius 1 is 1.38 bits per heavy atom. The third-order valence-corrected chi connectivity index (χ3v) is 4.39. The lowest BCUT2D eigenvalue weighted by molar-refractivity contribution is -0.122. The van der Waals surface area contributed by atoms with Crippen LogP contribution in [0.4, 0.5) is 9.52 Å². The summed E-state index contributed by atoms with van der Waals surface area (Å²) < 4.78 is 18.3. The van der Waals surface area contributed by atoms with Gasteiger partial charge >= 0.3 is 0 Å². The van der Waals surface area contributed by atoms with Crippen molar-refractivity contribution in [2.24, 2.45) is 0 Å². The van der Waals surface area contributed by atoms with Crippen molar-refractivity contribution in [1.29, 1.82) is 0 Å². The van der Waals surface area contributed by atoms with Crippen LogP contribution < -0.4 is 10.1 Å². The van der Waals surface area contributed by atoms with E-state index in [9.17, 15) is 9.18 Å². The molecule has 3 rings (SSSR count). The molecule has 0 saturated carbocycles. The first-order valence-electron chi connectivity index (χ1n) is 6.83. The highest BCUT2D eigenvalue weighted by atomic mass is 32.1. The molecule has 0 spiro atoms. The molecule has 110 valence electrons. The third-order valence-electron chi connectivity index (χ3n) is 3.32. The fourth-order valence-electron chi connectivity index (χ4n) is 2.22. The molecule has 6 heteroatoms. The van der Waals surface area contributed by atoms with Gasteiger partial charge in [0, 0.05) is 4.88 Å². The molecule has 1 aliphatic rings. The maximum absolute atomic E-state index is 12.8. The van der Waals surface area contributed by atoms with Crippen molar-refractivity contribution < 1.29 is 13.9 Å². The first kappa shape index (κ1) is 14.0. The molecule has 1 aromatic carbocycles. The molecule has 1 aromatic heterocycles. The third kappa shape index (κ3) is 3.21. The van der Waals surface area contributed by atoms with Gasteiger partial charge in [-0.05, 0) is 50.5 Å². The van der Waals surface area contributed by atoms with Crippen LogP contribution in [0.2, 0.25) is 0 Å². The van der Waals surface area contributed by atoms with Gasteiger partial charge in [-0.2, -0.15) is 0 Å². The van der Waals surface area contributed by atoms with Crippen LogP contribution >= 0.6 is 11.3 Å². The van der Waals surface area contributed by atoms with E-state index in [1.807, 2.05) is 0 Å². The number of amides is 1. The molecule has 1 amide bonds. The van der Waals surface area contributed by atoms with Gasteiger partial charge in [0.25, 0.3) is 5.91 Å². The summed E-state index contributed by atoms with van der Waals surface area (Å²) in [5.74, 6) is -0.135. The number of hydrogen-bond acceptors (Lipinski definition) is 4. The van der Waals surface area contributed by atoms with Crippen molar-refractivity contribution >= 4 is 22.4 Å². The zero-order valence-electron chi connectivity index (χ0n) is 11.6. The molecule has 1 heterocycles. The largest absolute Gasteiger partial charge is 0.481 e. The van der Waals surface area contributed by atoms with E-state index < -0.39 is 6.10 Å². The van der Waals surface area contributed by atoms with Gasteiger partial charge in [-0.25, -0.2) is 9.37 Å². The number of carbonyl (C=O) groups is 1. The lowest BCUT2D eigenvalue weighted by Crippen LogP contribution is -2.30. The second-order valence-corrected chi connectivity index (χ2v) is 6.03. The molecule has 1 aliphatic carbocycles. The molecular weight excluding hydrogens is 291 g/mol. The summed E-state index contributed by atoms with van der Waals surface area (Å²) in [6.45, 7) is 1.65. The van der Waals surface area contributed by atoms with E-state index in [0.29, 0.717) is 10.9 Å². The standard InChI is InChI=1S/C15H15FN2O2S/c1-9(20-11-7-5-10(16)6-8-11)14(19)18-15-17-12-3-2-4-13(12)21-15/h5-9H,2-4H2,1H3,(H,17,18,19). The summed E-state index contributed by atoms with van der Waals surface area (Å²) in [4.78, 5) is 17.7. The number of anilines is 1. The summed E-state index contributed by atoms with van der Waals surface area (Å²) >= 11 is 1.53. The number of aromatic nitrogens is 1. The molecule has 0 saturated heterocycles.